The van der Waals surface area contributed by atoms with Gasteiger partial charge in [-0.3, -0.25) is 0 Å². The standard InChI is InChI=1S/C7H9N3O3S2/c8-15(12,13)10-7-9-5-6(14-7)3-1-2-4-11/h5,11H,2,4H2,(H,9,10)(H2,8,12,13). The molecule has 0 fully saturated rings. The van der Waals surface area contributed by atoms with Crippen LogP contribution in [0.5, 0.6) is 0 Å². The second-order valence-corrected chi connectivity index (χ2v) is 4.78. The average molecular weight is 247 g/mol. The van der Waals surface area contributed by atoms with Gasteiger partial charge in [0.2, 0.25) is 0 Å². The Labute approximate surface area is 91.3 Å². The second kappa shape index (κ2) is 5.09. The first kappa shape index (κ1) is 11.9. The van der Waals surface area contributed by atoms with Gasteiger partial charge in [0.15, 0.2) is 5.13 Å². The van der Waals surface area contributed by atoms with Crippen LogP contribution in [0.25, 0.3) is 0 Å². The van der Waals surface area contributed by atoms with E-state index < -0.39 is 10.2 Å². The van der Waals surface area contributed by atoms with E-state index in [-0.39, 0.29) is 11.7 Å². The second-order valence-electron chi connectivity index (χ2n) is 2.45. The molecule has 1 rings (SSSR count). The van der Waals surface area contributed by atoms with Gasteiger partial charge in [-0.15, -0.1) is 0 Å². The SMILES string of the molecule is NS(=O)(=O)Nc1ncc(C#CCCO)s1. The van der Waals surface area contributed by atoms with Gasteiger partial charge in [-0.05, 0) is 0 Å². The topological polar surface area (TPSA) is 105 Å². The molecule has 0 spiro atoms. The van der Waals surface area contributed by atoms with E-state index in [1.54, 1.807) is 0 Å². The van der Waals surface area contributed by atoms with Crippen LogP contribution in [0, 0.1) is 11.8 Å². The fourth-order valence-electron chi connectivity index (χ4n) is 0.706. The van der Waals surface area contributed by atoms with E-state index in [2.05, 4.69) is 16.8 Å². The van der Waals surface area contributed by atoms with Crippen LogP contribution in [0.4, 0.5) is 5.13 Å². The molecular formula is C7H9N3O3S2. The molecule has 1 aromatic heterocycles. The Morgan fingerprint density at radius 1 is 1.67 bits per heavy atom. The number of nitrogens with one attached hydrogen (secondary N) is 1. The summed E-state index contributed by atoms with van der Waals surface area (Å²) in [6, 6.07) is 0. The van der Waals surface area contributed by atoms with Crippen LogP contribution in [0.1, 0.15) is 11.3 Å². The molecule has 0 amide bonds. The summed E-state index contributed by atoms with van der Waals surface area (Å²) in [5.41, 5.74) is 0. The molecule has 6 nitrogen and oxygen atoms in total. The van der Waals surface area contributed by atoms with Crippen LogP contribution in [-0.2, 0) is 10.2 Å². The lowest BCUT2D eigenvalue weighted by atomic mass is 10.4. The normalized spacial score (nSPS) is 10.5. The van der Waals surface area contributed by atoms with Gasteiger partial charge in [-0.25, -0.2) is 14.8 Å². The van der Waals surface area contributed by atoms with Gasteiger partial charge in [0, 0.05) is 6.42 Å². The highest BCUT2D eigenvalue weighted by Gasteiger charge is 2.05. The van der Waals surface area contributed by atoms with Gasteiger partial charge in [-0.2, -0.15) is 8.42 Å². The molecule has 0 aliphatic rings. The summed E-state index contributed by atoms with van der Waals surface area (Å²) < 4.78 is 23.3. The van der Waals surface area contributed by atoms with E-state index in [4.69, 9.17) is 10.2 Å². The van der Waals surface area contributed by atoms with E-state index in [1.165, 1.54) is 6.20 Å². The lowest BCUT2D eigenvalue weighted by Gasteiger charge is -1.95. The molecule has 0 bridgehead atoms. The molecule has 82 valence electrons. The summed E-state index contributed by atoms with van der Waals surface area (Å²) >= 11 is 1.07. The third-order valence-corrected chi connectivity index (χ3v) is 2.62. The minimum atomic E-state index is -3.78. The molecule has 0 aliphatic carbocycles. The maximum Gasteiger partial charge on any atom is 0.298 e. The quantitative estimate of drug-likeness (QED) is 0.626. The van der Waals surface area contributed by atoms with Gasteiger partial charge in [-0.1, -0.05) is 23.2 Å². The number of hydrogen-bond donors (Lipinski definition) is 3. The first-order chi connectivity index (χ1) is 7.01. The van der Waals surface area contributed by atoms with Crippen molar-refractivity contribution in [3.05, 3.63) is 11.1 Å². The van der Waals surface area contributed by atoms with E-state index in [9.17, 15) is 8.42 Å². The summed E-state index contributed by atoms with van der Waals surface area (Å²) in [6.07, 6.45) is 1.80. The van der Waals surface area contributed by atoms with Crippen LogP contribution in [-0.4, -0.2) is 25.1 Å². The molecule has 0 aromatic carbocycles. The highest BCUT2D eigenvalue weighted by atomic mass is 32.2. The van der Waals surface area contributed by atoms with Crippen molar-refractivity contribution in [1.82, 2.24) is 4.98 Å². The summed E-state index contributed by atoms with van der Waals surface area (Å²) in [5.74, 6) is 5.41. The number of nitrogens with two attached hydrogens (primary N) is 1. The van der Waals surface area contributed by atoms with Crippen molar-refractivity contribution < 1.29 is 13.5 Å². The first-order valence-electron chi connectivity index (χ1n) is 3.87. The smallest absolute Gasteiger partial charge is 0.298 e. The van der Waals surface area contributed by atoms with Crippen LogP contribution in [0.15, 0.2) is 6.20 Å². The number of anilines is 1. The Bertz CT molecular complexity index is 483. The number of rotatable bonds is 3. The van der Waals surface area contributed by atoms with Crippen molar-refractivity contribution >= 4 is 26.7 Å². The van der Waals surface area contributed by atoms with Gasteiger partial charge in [0.1, 0.15) is 0 Å². The minimum absolute atomic E-state index is 0.00586. The molecule has 1 aromatic rings. The fraction of sp³-hybridized carbons (Fsp3) is 0.286. The van der Waals surface area contributed by atoms with Crippen LogP contribution < -0.4 is 9.86 Å². The number of aliphatic hydroxyl groups excluding tert-OH is 1. The Balaban J connectivity index is 2.70. The van der Waals surface area contributed by atoms with Gasteiger partial charge in [0.25, 0.3) is 10.2 Å². The highest BCUT2D eigenvalue weighted by Crippen LogP contribution is 2.17. The maximum absolute atomic E-state index is 10.6. The van der Waals surface area contributed by atoms with Crippen LogP contribution in [0.2, 0.25) is 0 Å². The summed E-state index contributed by atoms with van der Waals surface area (Å²) in [6.45, 7) is -0.00586. The number of hydrogen-bond acceptors (Lipinski definition) is 5. The lowest BCUT2D eigenvalue weighted by Crippen LogP contribution is -2.21. The van der Waals surface area contributed by atoms with Crippen molar-refractivity contribution in [3.8, 4) is 11.8 Å². The van der Waals surface area contributed by atoms with E-state index >= 15 is 0 Å². The van der Waals surface area contributed by atoms with Crippen molar-refractivity contribution in [1.29, 1.82) is 0 Å². The third kappa shape index (κ3) is 4.75. The third-order valence-electron chi connectivity index (χ3n) is 1.18. The predicted molar refractivity (Wildman–Crippen MR) is 57.4 cm³/mol. The van der Waals surface area contributed by atoms with Gasteiger partial charge in [0.05, 0.1) is 17.7 Å². The number of thiazole rings is 1. The number of nitrogens with zero attached hydrogens (tertiary/aromatic N) is 1. The molecule has 8 heteroatoms. The molecule has 0 aliphatic heterocycles. The van der Waals surface area contributed by atoms with E-state index in [1.807, 2.05) is 4.72 Å². The summed E-state index contributed by atoms with van der Waals surface area (Å²) in [4.78, 5) is 4.37. The van der Waals surface area contributed by atoms with Gasteiger partial charge >= 0.3 is 0 Å². The Morgan fingerprint density at radius 3 is 3.00 bits per heavy atom. The molecule has 1 heterocycles. The largest absolute Gasteiger partial charge is 0.395 e. The van der Waals surface area contributed by atoms with Crippen molar-refractivity contribution in [2.45, 2.75) is 6.42 Å². The minimum Gasteiger partial charge on any atom is -0.395 e. The Hall–Kier alpha value is -1.14. The molecule has 0 unspecified atom stereocenters. The first-order valence-corrected chi connectivity index (χ1v) is 6.23. The van der Waals surface area contributed by atoms with E-state index in [0.717, 1.165) is 11.3 Å². The van der Waals surface area contributed by atoms with Gasteiger partial charge < -0.3 is 5.11 Å². The molecule has 0 atom stereocenters. The zero-order valence-electron chi connectivity index (χ0n) is 7.60. The van der Waals surface area contributed by atoms with Crippen molar-refractivity contribution in [2.24, 2.45) is 5.14 Å². The Morgan fingerprint density at radius 2 is 2.40 bits per heavy atom. The molecule has 0 radical (unpaired) electrons. The van der Waals surface area contributed by atoms with Crippen LogP contribution >= 0.6 is 11.3 Å². The summed E-state index contributed by atoms with van der Waals surface area (Å²) in [7, 11) is -3.78. The zero-order chi connectivity index (χ0) is 11.3. The molecule has 0 saturated heterocycles. The average Bonchev–Trinajstić information content (AvgIpc) is 2.50. The molecular weight excluding hydrogens is 238 g/mol. The maximum atomic E-state index is 10.6. The summed E-state index contributed by atoms with van der Waals surface area (Å²) in [5, 5.41) is 13.4. The lowest BCUT2D eigenvalue weighted by molar-refractivity contribution is 0.305. The monoisotopic (exact) mass is 247 g/mol. The number of aromatic nitrogens is 1. The van der Waals surface area contributed by atoms with Crippen molar-refractivity contribution in [2.75, 3.05) is 11.3 Å². The fourth-order valence-corrected chi connectivity index (χ4v) is 2.06. The van der Waals surface area contributed by atoms with Crippen LogP contribution in [0.3, 0.4) is 0 Å². The zero-order valence-corrected chi connectivity index (χ0v) is 9.23. The van der Waals surface area contributed by atoms with Crippen molar-refractivity contribution in [3.63, 3.8) is 0 Å². The highest BCUT2D eigenvalue weighted by molar-refractivity contribution is 7.90. The molecule has 15 heavy (non-hydrogen) atoms. The molecule has 4 N–H and O–H groups in total. The molecule has 0 saturated carbocycles. The Kier molecular flexibility index (Phi) is 4.05. The van der Waals surface area contributed by atoms with E-state index in [0.29, 0.717) is 11.3 Å². The predicted octanol–water partition coefficient (Wildman–Crippen LogP) is -0.508. The number of aliphatic hydroxyl groups is 1.